The van der Waals surface area contributed by atoms with Gasteiger partial charge in [0.1, 0.15) is 0 Å². The molecule has 0 unspecified atom stereocenters. The van der Waals surface area contributed by atoms with Crippen molar-refractivity contribution < 1.29 is 19.4 Å². The molecule has 0 bridgehead atoms. The number of carboxylic acid groups (broad SMARTS) is 1. The Morgan fingerprint density at radius 1 is 1.24 bits per heavy atom. The maximum Gasteiger partial charge on any atom is 0.320 e. The minimum atomic E-state index is -0.834. The Kier molecular flexibility index (Phi) is 5.08. The molecule has 0 atom stereocenters. The largest absolute Gasteiger partial charge is 0.481 e. The fraction of sp³-hybridized carbons (Fsp3) is 0.867. The van der Waals surface area contributed by atoms with Crippen LogP contribution in [-0.2, 0) is 9.53 Å². The molecule has 120 valence electrons. The average molecular weight is 298 g/mol. The van der Waals surface area contributed by atoms with E-state index in [2.05, 4.69) is 13.8 Å². The predicted octanol–water partition coefficient (Wildman–Crippen LogP) is 1.94. The van der Waals surface area contributed by atoms with Gasteiger partial charge in [-0.2, -0.15) is 0 Å². The van der Waals surface area contributed by atoms with Crippen molar-refractivity contribution in [2.45, 2.75) is 57.6 Å². The van der Waals surface area contributed by atoms with Crippen molar-refractivity contribution in [2.75, 3.05) is 26.2 Å². The number of carboxylic acids is 1. The number of carbonyl (C=O) groups excluding carboxylic acids is 1. The molecule has 2 amide bonds. The molecule has 6 heteroatoms. The normalized spacial score (nSPS) is 22.6. The zero-order chi connectivity index (χ0) is 15.5. The van der Waals surface area contributed by atoms with Gasteiger partial charge < -0.3 is 19.6 Å². The molecule has 2 aliphatic heterocycles. The van der Waals surface area contributed by atoms with Gasteiger partial charge in [0.25, 0.3) is 0 Å². The summed E-state index contributed by atoms with van der Waals surface area (Å²) in [7, 11) is 0. The Labute approximate surface area is 126 Å². The fourth-order valence-corrected chi connectivity index (χ4v) is 3.16. The van der Waals surface area contributed by atoms with Crippen molar-refractivity contribution in [1.29, 1.82) is 0 Å². The lowest BCUT2D eigenvalue weighted by Gasteiger charge is -2.39. The Bertz CT molecular complexity index is 389. The highest BCUT2D eigenvalue weighted by atomic mass is 16.5. The fourth-order valence-electron chi connectivity index (χ4n) is 3.16. The quantitative estimate of drug-likeness (QED) is 0.861. The van der Waals surface area contributed by atoms with Crippen molar-refractivity contribution in [3.05, 3.63) is 0 Å². The zero-order valence-electron chi connectivity index (χ0n) is 13.0. The molecule has 6 nitrogen and oxygen atoms in total. The van der Waals surface area contributed by atoms with Crippen molar-refractivity contribution in [3.63, 3.8) is 0 Å². The van der Waals surface area contributed by atoms with E-state index in [4.69, 9.17) is 9.84 Å². The molecule has 0 spiro atoms. The summed E-state index contributed by atoms with van der Waals surface area (Å²) >= 11 is 0. The predicted molar refractivity (Wildman–Crippen MR) is 78.2 cm³/mol. The molecule has 0 radical (unpaired) electrons. The van der Waals surface area contributed by atoms with Gasteiger partial charge in [-0.25, -0.2) is 4.79 Å². The van der Waals surface area contributed by atoms with Gasteiger partial charge in [0.15, 0.2) is 0 Å². The first-order chi connectivity index (χ1) is 9.90. The lowest BCUT2D eigenvalue weighted by Crippen LogP contribution is -2.52. The van der Waals surface area contributed by atoms with Gasteiger partial charge in [0.05, 0.1) is 19.1 Å². The second-order valence-electron chi connectivity index (χ2n) is 6.55. The second-order valence-corrected chi connectivity index (χ2v) is 6.55. The van der Waals surface area contributed by atoms with Crippen LogP contribution in [0.2, 0.25) is 0 Å². The molecule has 0 aromatic rings. The summed E-state index contributed by atoms with van der Waals surface area (Å²) in [6.45, 7) is 6.75. The number of aliphatic carboxylic acids is 1. The Hall–Kier alpha value is -1.30. The molecule has 2 saturated heterocycles. The number of likely N-dealkylation sites (tertiary alicyclic amines) is 2. The second kappa shape index (κ2) is 6.64. The van der Waals surface area contributed by atoms with Crippen molar-refractivity contribution in [2.24, 2.45) is 0 Å². The van der Waals surface area contributed by atoms with E-state index in [0.717, 1.165) is 32.2 Å². The van der Waals surface area contributed by atoms with E-state index in [1.54, 1.807) is 0 Å². The molecular weight excluding hydrogens is 272 g/mol. The van der Waals surface area contributed by atoms with Gasteiger partial charge in [-0.15, -0.1) is 0 Å². The third-order valence-electron chi connectivity index (χ3n) is 4.51. The van der Waals surface area contributed by atoms with E-state index in [-0.39, 0.29) is 30.7 Å². The molecule has 2 aliphatic rings. The van der Waals surface area contributed by atoms with Crippen LogP contribution >= 0.6 is 0 Å². The van der Waals surface area contributed by atoms with Gasteiger partial charge >= 0.3 is 12.0 Å². The number of hydrogen-bond donors (Lipinski definition) is 1. The standard InChI is InChI=1S/C15H26N2O4/c1-15(2)7-3-8-17(15)14(20)16-9-4-12(5-10-16)21-11-6-13(18)19/h12H,3-11H2,1-2H3,(H,18,19). The molecule has 0 saturated carbocycles. The molecule has 0 aliphatic carbocycles. The molecule has 21 heavy (non-hydrogen) atoms. The molecular formula is C15H26N2O4. The molecule has 1 N–H and O–H groups in total. The average Bonchev–Trinajstić information content (AvgIpc) is 2.78. The third-order valence-corrected chi connectivity index (χ3v) is 4.51. The first-order valence-corrected chi connectivity index (χ1v) is 7.80. The third kappa shape index (κ3) is 4.09. The number of ether oxygens (including phenoxy) is 1. The summed E-state index contributed by atoms with van der Waals surface area (Å²) in [4.78, 5) is 26.9. The minimum absolute atomic E-state index is 0.0358. The van der Waals surface area contributed by atoms with Gasteiger partial charge in [0, 0.05) is 25.2 Å². The maximum atomic E-state index is 12.6. The number of rotatable bonds is 4. The first-order valence-electron chi connectivity index (χ1n) is 7.80. The number of piperidine rings is 1. The molecule has 0 aromatic heterocycles. The van der Waals surface area contributed by atoms with Gasteiger partial charge in [-0.1, -0.05) is 0 Å². The summed E-state index contributed by atoms with van der Waals surface area (Å²) in [6.07, 6.45) is 3.85. The van der Waals surface area contributed by atoms with Crippen LogP contribution in [0, 0.1) is 0 Å². The monoisotopic (exact) mass is 298 g/mol. The van der Waals surface area contributed by atoms with Crippen LogP contribution in [-0.4, -0.2) is 64.8 Å². The summed E-state index contributed by atoms with van der Waals surface area (Å²) in [5, 5.41) is 8.59. The molecule has 0 aromatic carbocycles. The van der Waals surface area contributed by atoms with E-state index < -0.39 is 5.97 Å². The molecule has 2 rings (SSSR count). The Morgan fingerprint density at radius 2 is 1.90 bits per heavy atom. The molecule has 2 fully saturated rings. The Balaban J connectivity index is 1.76. The van der Waals surface area contributed by atoms with E-state index in [0.29, 0.717) is 13.1 Å². The van der Waals surface area contributed by atoms with Gasteiger partial charge in [-0.05, 0) is 39.5 Å². The van der Waals surface area contributed by atoms with Gasteiger partial charge in [0.2, 0.25) is 0 Å². The number of carbonyl (C=O) groups is 2. The molecule has 2 heterocycles. The summed E-state index contributed by atoms with van der Waals surface area (Å²) in [5.41, 5.74) is -0.0358. The highest BCUT2D eigenvalue weighted by Gasteiger charge is 2.38. The van der Waals surface area contributed by atoms with Crippen molar-refractivity contribution in [3.8, 4) is 0 Å². The van der Waals surface area contributed by atoms with E-state index in [9.17, 15) is 9.59 Å². The van der Waals surface area contributed by atoms with Crippen LogP contribution in [0.3, 0.4) is 0 Å². The highest BCUT2D eigenvalue weighted by Crippen LogP contribution is 2.30. The van der Waals surface area contributed by atoms with Crippen LogP contribution in [0.25, 0.3) is 0 Å². The van der Waals surface area contributed by atoms with Crippen LogP contribution in [0.5, 0.6) is 0 Å². The van der Waals surface area contributed by atoms with Gasteiger partial charge in [-0.3, -0.25) is 4.79 Å². The van der Waals surface area contributed by atoms with E-state index >= 15 is 0 Å². The zero-order valence-corrected chi connectivity index (χ0v) is 13.0. The van der Waals surface area contributed by atoms with Crippen molar-refractivity contribution >= 4 is 12.0 Å². The number of urea groups is 1. The minimum Gasteiger partial charge on any atom is -0.481 e. The lowest BCUT2D eigenvalue weighted by molar-refractivity contribution is -0.138. The van der Waals surface area contributed by atoms with Crippen LogP contribution in [0.4, 0.5) is 4.79 Å². The lowest BCUT2D eigenvalue weighted by atomic mass is 10.0. The van der Waals surface area contributed by atoms with E-state index in [1.165, 1.54) is 0 Å². The number of amides is 2. The highest BCUT2D eigenvalue weighted by molar-refractivity contribution is 5.75. The summed E-state index contributed by atoms with van der Waals surface area (Å²) in [6, 6.07) is 0.140. The van der Waals surface area contributed by atoms with Crippen molar-refractivity contribution in [1.82, 2.24) is 9.80 Å². The van der Waals surface area contributed by atoms with Crippen LogP contribution < -0.4 is 0 Å². The summed E-state index contributed by atoms with van der Waals surface area (Å²) < 4.78 is 5.56. The number of nitrogens with zero attached hydrogens (tertiary/aromatic N) is 2. The summed E-state index contributed by atoms with van der Waals surface area (Å²) in [5.74, 6) is -0.834. The Morgan fingerprint density at radius 3 is 2.43 bits per heavy atom. The van der Waals surface area contributed by atoms with E-state index in [1.807, 2.05) is 9.80 Å². The number of hydrogen-bond acceptors (Lipinski definition) is 3. The topological polar surface area (TPSA) is 70.1 Å². The SMILES string of the molecule is CC1(C)CCCN1C(=O)N1CCC(OCCC(=O)O)CC1. The first kappa shape index (κ1) is 16.1. The smallest absolute Gasteiger partial charge is 0.320 e. The maximum absolute atomic E-state index is 12.6. The van der Waals surface area contributed by atoms with Crippen LogP contribution in [0.1, 0.15) is 46.0 Å². The van der Waals surface area contributed by atoms with Crippen LogP contribution in [0.15, 0.2) is 0 Å².